The lowest BCUT2D eigenvalue weighted by Gasteiger charge is -2.23. The average Bonchev–Trinajstić information content (AvgIpc) is 4.07. The number of nitrogens with one attached hydrogen (secondary N) is 2. The van der Waals surface area contributed by atoms with Crippen LogP contribution in [0.15, 0.2) is 48.5 Å². The molecule has 3 atom stereocenters. The van der Waals surface area contributed by atoms with Crippen LogP contribution >= 0.6 is 0 Å². The number of anilines is 1. The summed E-state index contributed by atoms with van der Waals surface area (Å²) >= 11 is 0. The van der Waals surface area contributed by atoms with Gasteiger partial charge >= 0.3 is 0 Å². The molecule has 3 fully saturated rings. The number of carbonyl (C=O) groups excluding carboxylic acids is 1. The van der Waals surface area contributed by atoms with Crippen LogP contribution in [0.4, 0.5) is 32.2 Å². The standard InChI is InChI=1S/C42H39F6N7O5S2/c1-41(2,61(57,58)25-8-9-25)14-13-24-7-12-27(28-5-4-6-29-37(28)54(3)52-40(29)53-62(59,60)26-10-11-26)35(49-24)32(17-21-15-22(43)18-23(44)16-21)50-33(56)20-55-38-34(36(51-55)39(45)46)30-19-31(30)42(38,47)48/h4-7,12,15-16,18,25-26,30-32,39H,8-11,17,19-20H2,1-3H3,(H,50,56)(H,52,53)/t30-,31+,32-/m0/s1. The number of nitrogens with zero attached hydrogens (tertiary/aromatic N) is 5. The van der Waals surface area contributed by atoms with Gasteiger partial charge in [-0.15, -0.1) is 0 Å². The van der Waals surface area contributed by atoms with E-state index < -0.39 is 101 Å². The van der Waals surface area contributed by atoms with Gasteiger partial charge in [-0.1, -0.05) is 18.1 Å². The molecule has 4 aliphatic carbocycles. The summed E-state index contributed by atoms with van der Waals surface area (Å²) in [6, 6.07) is 9.41. The summed E-state index contributed by atoms with van der Waals surface area (Å²) in [7, 11) is -5.83. The van der Waals surface area contributed by atoms with Crippen molar-refractivity contribution in [3.8, 4) is 23.0 Å². The van der Waals surface area contributed by atoms with E-state index in [9.17, 15) is 39.2 Å². The van der Waals surface area contributed by atoms with Crippen LogP contribution in [-0.4, -0.2) is 62.5 Å². The first-order valence-corrected chi connectivity index (χ1v) is 23.0. The Hall–Kier alpha value is -5.42. The molecule has 3 aromatic heterocycles. The summed E-state index contributed by atoms with van der Waals surface area (Å²) in [6.07, 6.45) is -1.50. The number of carbonyl (C=O) groups is 1. The molecule has 0 radical (unpaired) electrons. The van der Waals surface area contributed by atoms with Gasteiger partial charge in [0.05, 0.1) is 27.8 Å². The number of pyridine rings is 1. The largest absolute Gasteiger partial charge is 0.346 e. The molecule has 2 aromatic carbocycles. The highest BCUT2D eigenvalue weighted by Gasteiger charge is 2.67. The fourth-order valence-corrected chi connectivity index (χ4v) is 11.6. The van der Waals surface area contributed by atoms with Gasteiger partial charge in [-0.2, -0.15) is 19.0 Å². The van der Waals surface area contributed by atoms with Crippen molar-refractivity contribution in [3.63, 3.8) is 0 Å². The van der Waals surface area contributed by atoms with Gasteiger partial charge in [0.15, 0.2) is 15.7 Å². The molecule has 0 saturated heterocycles. The SMILES string of the molecule is Cn1nc(NS(=O)(=O)C2CC2)c2cccc(-c3ccc(C#CC(C)(C)S(=O)(=O)C4CC4)nc3[C@H](Cc3cc(F)cc(F)c3)NC(=O)Cn3nc(C(F)F)c4c3C(F)(F)[C@@H]3C[C@H]43)c21. The van der Waals surface area contributed by atoms with E-state index in [2.05, 4.69) is 32.1 Å². The molecule has 9 rings (SSSR count). The van der Waals surface area contributed by atoms with Crippen molar-refractivity contribution in [3.05, 3.63) is 94.1 Å². The molecule has 0 spiro atoms. The third kappa shape index (κ3) is 7.39. The number of hydrogen-bond donors (Lipinski definition) is 2. The number of benzene rings is 2. The summed E-state index contributed by atoms with van der Waals surface area (Å²) < 4.78 is 144. The van der Waals surface area contributed by atoms with Crippen molar-refractivity contribution in [2.24, 2.45) is 13.0 Å². The minimum Gasteiger partial charge on any atom is -0.346 e. The normalized spacial score (nSPS) is 19.8. The van der Waals surface area contributed by atoms with Crippen LogP contribution in [0.2, 0.25) is 0 Å². The second-order valence-electron chi connectivity index (χ2n) is 16.9. The Balaban J connectivity index is 1.18. The number of aryl methyl sites for hydroxylation is 1. The van der Waals surface area contributed by atoms with Gasteiger partial charge in [-0.05, 0) is 100 Å². The average molecular weight is 900 g/mol. The van der Waals surface area contributed by atoms with E-state index >= 15 is 8.78 Å². The Morgan fingerprint density at radius 2 is 1.65 bits per heavy atom. The van der Waals surface area contributed by atoms with Crippen LogP contribution < -0.4 is 10.0 Å². The topological polar surface area (TPSA) is 158 Å². The van der Waals surface area contributed by atoms with E-state index in [1.54, 1.807) is 31.3 Å². The predicted molar refractivity (Wildman–Crippen MR) is 215 cm³/mol. The zero-order valence-electron chi connectivity index (χ0n) is 33.4. The molecule has 1 amide bonds. The lowest BCUT2D eigenvalue weighted by molar-refractivity contribution is -0.123. The predicted octanol–water partition coefficient (Wildman–Crippen LogP) is 6.97. The molecule has 4 aliphatic rings. The van der Waals surface area contributed by atoms with Crippen molar-refractivity contribution >= 4 is 42.5 Å². The fourth-order valence-electron chi connectivity index (χ4n) is 8.48. The lowest BCUT2D eigenvalue weighted by atomic mass is 9.93. The number of sulfonamides is 1. The maximum atomic E-state index is 15.5. The van der Waals surface area contributed by atoms with E-state index in [0.717, 1.165) is 12.1 Å². The van der Waals surface area contributed by atoms with Crippen molar-refractivity contribution < 1.29 is 48.0 Å². The molecular formula is C42H39F6N7O5S2. The number of alkyl halides is 4. The number of rotatable bonds is 13. The number of hydrogen-bond acceptors (Lipinski definition) is 8. The minimum absolute atomic E-state index is 0.0125. The molecule has 2 N–H and O–H groups in total. The van der Waals surface area contributed by atoms with Crippen molar-refractivity contribution in [2.45, 2.75) is 98.5 Å². The Morgan fingerprint density at radius 1 is 0.952 bits per heavy atom. The van der Waals surface area contributed by atoms with Gasteiger partial charge in [-0.3, -0.25) is 18.9 Å². The smallest absolute Gasteiger partial charge is 0.293 e. The number of aromatic nitrogens is 5. The van der Waals surface area contributed by atoms with E-state index in [0.29, 0.717) is 58.5 Å². The van der Waals surface area contributed by atoms with Crippen LogP contribution in [0, 0.1) is 29.4 Å². The van der Waals surface area contributed by atoms with Crippen molar-refractivity contribution in [1.29, 1.82) is 0 Å². The van der Waals surface area contributed by atoms with Gasteiger partial charge in [0.1, 0.15) is 40.0 Å². The molecule has 62 heavy (non-hydrogen) atoms. The number of para-hydroxylation sites is 1. The molecule has 3 saturated carbocycles. The first-order chi connectivity index (χ1) is 29.2. The number of fused-ring (bicyclic) bond motifs is 4. The Bertz CT molecular complexity index is 2970. The molecule has 0 bridgehead atoms. The van der Waals surface area contributed by atoms with Gasteiger partial charge < -0.3 is 5.32 Å². The monoisotopic (exact) mass is 899 g/mol. The van der Waals surface area contributed by atoms with E-state index in [1.807, 2.05) is 0 Å². The van der Waals surface area contributed by atoms with Crippen LogP contribution in [0.25, 0.3) is 22.0 Å². The van der Waals surface area contributed by atoms with E-state index in [-0.39, 0.29) is 41.2 Å². The molecule has 3 heterocycles. The van der Waals surface area contributed by atoms with Gasteiger partial charge in [-0.25, -0.2) is 39.4 Å². The first kappa shape index (κ1) is 41.9. The van der Waals surface area contributed by atoms with Crippen molar-refractivity contribution in [1.82, 2.24) is 29.9 Å². The van der Waals surface area contributed by atoms with Crippen LogP contribution in [0.1, 0.15) is 98.2 Å². The summed E-state index contributed by atoms with van der Waals surface area (Å²) in [5, 5.41) is 10.3. The number of halogens is 6. The fraction of sp³-hybridized carbons (Fsp3) is 0.429. The molecule has 20 heteroatoms. The van der Waals surface area contributed by atoms with Gasteiger partial charge in [0.2, 0.25) is 15.9 Å². The molecule has 12 nitrogen and oxygen atoms in total. The van der Waals surface area contributed by atoms with Crippen molar-refractivity contribution in [2.75, 3.05) is 4.72 Å². The third-order valence-corrected chi connectivity index (χ3v) is 16.6. The van der Waals surface area contributed by atoms with E-state index in [1.165, 1.54) is 24.6 Å². The molecule has 5 aromatic rings. The van der Waals surface area contributed by atoms with Crippen LogP contribution in [0.3, 0.4) is 0 Å². The maximum absolute atomic E-state index is 15.5. The zero-order chi connectivity index (χ0) is 44.3. The maximum Gasteiger partial charge on any atom is 0.293 e. The second-order valence-corrected chi connectivity index (χ2v) is 21.7. The van der Waals surface area contributed by atoms with Crippen LogP contribution in [0.5, 0.6) is 0 Å². The number of sulfone groups is 1. The highest BCUT2D eigenvalue weighted by atomic mass is 32.2. The summed E-state index contributed by atoms with van der Waals surface area (Å²) in [4.78, 5) is 18.9. The molecule has 326 valence electrons. The first-order valence-electron chi connectivity index (χ1n) is 19.9. The second kappa shape index (κ2) is 14.6. The quantitative estimate of drug-likeness (QED) is 0.0949. The highest BCUT2D eigenvalue weighted by Crippen LogP contribution is 2.68. The minimum atomic E-state index is -3.75. The summed E-state index contributed by atoms with van der Waals surface area (Å²) in [5.41, 5.74) is -0.644. The lowest BCUT2D eigenvalue weighted by Crippen LogP contribution is -2.35. The van der Waals surface area contributed by atoms with E-state index in [4.69, 9.17) is 4.98 Å². The Kier molecular flexibility index (Phi) is 9.85. The Labute approximate surface area is 352 Å². The third-order valence-electron chi connectivity index (χ3n) is 11.9. The Morgan fingerprint density at radius 3 is 2.31 bits per heavy atom. The molecule has 0 unspecified atom stereocenters. The molecule has 0 aliphatic heterocycles. The summed E-state index contributed by atoms with van der Waals surface area (Å²) in [5.74, 6) is -2.66. The van der Waals surface area contributed by atoms with Gasteiger partial charge in [0, 0.05) is 41.1 Å². The summed E-state index contributed by atoms with van der Waals surface area (Å²) in [6.45, 7) is 2.02. The van der Waals surface area contributed by atoms with Gasteiger partial charge in [0.25, 0.3) is 12.3 Å². The number of amides is 1. The zero-order valence-corrected chi connectivity index (χ0v) is 35.0. The molecular weight excluding hydrogens is 861 g/mol. The van der Waals surface area contributed by atoms with Crippen LogP contribution in [-0.2, 0) is 50.6 Å². The highest BCUT2D eigenvalue weighted by molar-refractivity contribution is 7.94.